The van der Waals surface area contributed by atoms with E-state index in [0.29, 0.717) is 5.75 Å². The van der Waals surface area contributed by atoms with Crippen LogP contribution >= 0.6 is 11.8 Å². The van der Waals surface area contributed by atoms with Crippen LogP contribution in [0.25, 0.3) is 0 Å². The molecule has 2 aliphatic rings. The van der Waals surface area contributed by atoms with Gasteiger partial charge in [-0.1, -0.05) is 13.3 Å². The summed E-state index contributed by atoms with van der Waals surface area (Å²) in [5.41, 5.74) is 0. The summed E-state index contributed by atoms with van der Waals surface area (Å²) in [6.45, 7) is 2.85. The molecule has 3 atom stereocenters. The molecular weight excluding hydrogens is 252 g/mol. The molecule has 2 fully saturated rings. The summed E-state index contributed by atoms with van der Waals surface area (Å²) in [4.78, 5) is 25.3. The van der Waals surface area contributed by atoms with Crippen LogP contribution in [0, 0.1) is 0 Å². The van der Waals surface area contributed by atoms with E-state index in [2.05, 4.69) is 5.32 Å². The average molecular weight is 272 g/mol. The van der Waals surface area contributed by atoms with Gasteiger partial charge in [0.05, 0.1) is 11.4 Å². The van der Waals surface area contributed by atoms with Crippen LogP contribution < -0.4 is 5.32 Å². The van der Waals surface area contributed by atoms with Crippen molar-refractivity contribution in [1.29, 1.82) is 0 Å². The molecule has 1 amide bonds. The number of carbonyl (C=O) groups is 2. The van der Waals surface area contributed by atoms with Crippen molar-refractivity contribution in [2.45, 2.75) is 50.1 Å². The van der Waals surface area contributed by atoms with Crippen LogP contribution in [0.4, 0.5) is 0 Å². The first-order valence-electron chi connectivity index (χ1n) is 6.55. The number of carboxylic acids is 1. The first-order valence-corrected chi connectivity index (χ1v) is 7.60. The number of piperidine rings is 1. The zero-order valence-electron chi connectivity index (χ0n) is 10.6. The highest BCUT2D eigenvalue weighted by Gasteiger charge is 2.42. The minimum Gasteiger partial charge on any atom is -0.480 e. The van der Waals surface area contributed by atoms with Crippen LogP contribution in [0.15, 0.2) is 0 Å². The number of amides is 1. The minimum atomic E-state index is -0.886. The van der Waals surface area contributed by atoms with Crippen LogP contribution in [0.1, 0.15) is 32.6 Å². The molecule has 0 aromatic rings. The van der Waals surface area contributed by atoms with E-state index >= 15 is 0 Å². The van der Waals surface area contributed by atoms with E-state index in [9.17, 15) is 14.7 Å². The largest absolute Gasteiger partial charge is 0.480 e. The lowest BCUT2D eigenvalue weighted by Crippen LogP contribution is -2.54. The van der Waals surface area contributed by atoms with Gasteiger partial charge in [-0.2, -0.15) is 0 Å². The number of carboxylic acid groups (broad SMARTS) is 1. The Morgan fingerprint density at radius 2 is 2.22 bits per heavy atom. The molecular formula is C12H20N2O3S. The monoisotopic (exact) mass is 272 g/mol. The van der Waals surface area contributed by atoms with E-state index < -0.39 is 12.0 Å². The number of nitrogens with one attached hydrogen (secondary N) is 1. The fraction of sp³-hybridized carbons (Fsp3) is 0.833. The number of nitrogens with zero attached hydrogens (tertiary/aromatic N) is 1. The molecule has 2 unspecified atom stereocenters. The number of thioether (sulfide) groups is 1. The van der Waals surface area contributed by atoms with Crippen molar-refractivity contribution in [2.75, 3.05) is 12.3 Å². The number of rotatable bonds is 3. The van der Waals surface area contributed by atoms with E-state index in [1.165, 1.54) is 0 Å². The molecule has 102 valence electrons. The highest BCUT2D eigenvalue weighted by molar-refractivity contribution is 8.00. The van der Waals surface area contributed by atoms with E-state index in [1.807, 2.05) is 6.92 Å². The predicted octanol–water partition coefficient (Wildman–Crippen LogP) is 0.893. The zero-order chi connectivity index (χ0) is 13.1. The second-order valence-corrected chi connectivity index (χ2v) is 6.01. The summed E-state index contributed by atoms with van der Waals surface area (Å²) in [7, 11) is 0. The van der Waals surface area contributed by atoms with Crippen molar-refractivity contribution in [2.24, 2.45) is 0 Å². The van der Waals surface area contributed by atoms with Crippen molar-refractivity contribution in [3.05, 3.63) is 0 Å². The van der Waals surface area contributed by atoms with Gasteiger partial charge in [0.1, 0.15) is 6.04 Å². The third-order valence-corrected chi connectivity index (χ3v) is 5.04. The third kappa shape index (κ3) is 2.64. The Hall–Kier alpha value is -0.750. The quantitative estimate of drug-likeness (QED) is 0.798. The highest BCUT2D eigenvalue weighted by Crippen LogP contribution is 2.32. The Labute approximate surface area is 111 Å². The van der Waals surface area contributed by atoms with E-state index in [1.54, 1.807) is 16.7 Å². The molecule has 0 saturated carbocycles. The van der Waals surface area contributed by atoms with Gasteiger partial charge in [0.15, 0.2) is 0 Å². The van der Waals surface area contributed by atoms with Crippen LogP contribution in [-0.2, 0) is 9.59 Å². The Balaban J connectivity index is 2.10. The van der Waals surface area contributed by atoms with Gasteiger partial charge in [-0.25, -0.2) is 4.79 Å². The fourth-order valence-electron chi connectivity index (χ4n) is 2.61. The molecule has 2 N–H and O–H groups in total. The van der Waals surface area contributed by atoms with Gasteiger partial charge in [0.2, 0.25) is 5.91 Å². The molecule has 2 heterocycles. The summed E-state index contributed by atoms with van der Waals surface area (Å²) in [5, 5.41) is 12.4. The van der Waals surface area contributed by atoms with Crippen LogP contribution in [0.2, 0.25) is 0 Å². The maximum Gasteiger partial charge on any atom is 0.327 e. The summed E-state index contributed by atoms with van der Waals surface area (Å²) in [5.74, 6) is -0.409. The smallest absolute Gasteiger partial charge is 0.327 e. The maximum atomic E-state index is 12.5. The topological polar surface area (TPSA) is 69.6 Å². The molecule has 0 radical (unpaired) electrons. The van der Waals surface area contributed by atoms with Gasteiger partial charge in [0, 0.05) is 5.75 Å². The Kier molecular flexibility index (Phi) is 4.50. The second-order valence-electron chi connectivity index (χ2n) is 4.80. The zero-order valence-corrected chi connectivity index (χ0v) is 11.4. The summed E-state index contributed by atoms with van der Waals surface area (Å²) in [6, 6.07) is -0.843. The molecule has 0 aliphatic carbocycles. The lowest BCUT2D eigenvalue weighted by Gasteiger charge is -2.32. The van der Waals surface area contributed by atoms with E-state index in [-0.39, 0.29) is 17.3 Å². The fourth-order valence-corrected chi connectivity index (χ4v) is 3.96. The Morgan fingerprint density at radius 3 is 2.78 bits per heavy atom. The van der Waals surface area contributed by atoms with Gasteiger partial charge in [-0.3, -0.25) is 4.79 Å². The van der Waals surface area contributed by atoms with Crippen LogP contribution in [0.5, 0.6) is 0 Å². The first kappa shape index (κ1) is 13.7. The average Bonchev–Trinajstić information content (AvgIpc) is 2.82. The molecule has 0 spiro atoms. The third-order valence-electron chi connectivity index (χ3n) is 3.59. The molecule has 0 aromatic heterocycles. The predicted molar refractivity (Wildman–Crippen MR) is 70.4 cm³/mol. The van der Waals surface area contributed by atoms with Crippen molar-refractivity contribution in [3.8, 4) is 0 Å². The van der Waals surface area contributed by atoms with Crippen molar-refractivity contribution >= 4 is 23.6 Å². The van der Waals surface area contributed by atoms with Crippen LogP contribution in [0.3, 0.4) is 0 Å². The Bertz CT molecular complexity index is 331. The van der Waals surface area contributed by atoms with Gasteiger partial charge in [-0.15, -0.1) is 11.8 Å². The van der Waals surface area contributed by atoms with Crippen molar-refractivity contribution in [1.82, 2.24) is 10.2 Å². The lowest BCUT2D eigenvalue weighted by molar-refractivity contribution is -0.150. The van der Waals surface area contributed by atoms with Gasteiger partial charge >= 0.3 is 5.97 Å². The van der Waals surface area contributed by atoms with Crippen molar-refractivity contribution in [3.63, 3.8) is 0 Å². The lowest BCUT2D eigenvalue weighted by atomic mass is 10.0. The van der Waals surface area contributed by atoms with Gasteiger partial charge in [-0.05, 0) is 25.8 Å². The SMILES string of the molecule is CCC1SCC(C(=O)O)N1C(=O)[C@H]1CCCCN1. The second kappa shape index (κ2) is 5.93. The standard InChI is InChI=1S/C12H20N2O3S/c1-2-10-14(9(7-18-10)12(16)17)11(15)8-5-3-4-6-13-8/h8-10,13H,2-7H2,1H3,(H,16,17)/t8-,9?,10?/m1/s1. The van der Waals surface area contributed by atoms with Gasteiger partial charge < -0.3 is 15.3 Å². The maximum absolute atomic E-state index is 12.5. The number of carbonyl (C=O) groups excluding carboxylic acids is 1. The van der Waals surface area contributed by atoms with Gasteiger partial charge in [0.25, 0.3) is 0 Å². The molecule has 0 aromatic carbocycles. The summed E-state index contributed by atoms with van der Waals surface area (Å²) < 4.78 is 0. The Morgan fingerprint density at radius 1 is 1.44 bits per heavy atom. The first-order chi connectivity index (χ1) is 8.65. The molecule has 2 saturated heterocycles. The highest BCUT2D eigenvalue weighted by atomic mass is 32.2. The normalized spacial score (nSPS) is 32.5. The van der Waals surface area contributed by atoms with Crippen LogP contribution in [-0.4, -0.2) is 51.6 Å². The van der Waals surface area contributed by atoms with E-state index in [0.717, 1.165) is 32.2 Å². The molecule has 18 heavy (non-hydrogen) atoms. The molecule has 0 bridgehead atoms. The summed E-state index contributed by atoms with van der Waals surface area (Å²) in [6.07, 6.45) is 3.76. The summed E-state index contributed by atoms with van der Waals surface area (Å²) >= 11 is 1.58. The minimum absolute atomic E-state index is 0.0160. The molecule has 6 heteroatoms. The van der Waals surface area contributed by atoms with Crippen molar-refractivity contribution < 1.29 is 14.7 Å². The van der Waals surface area contributed by atoms with E-state index in [4.69, 9.17) is 0 Å². The number of aliphatic carboxylic acids is 1. The molecule has 2 rings (SSSR count). The molecule has 2 aliphatic heterocycles. The number of hydrogen-bond acceptors (Lipinski definition) is 4. The molecule has 5 nitrogen and oxygen atoms in total. The number of hydrogen-bond donors (Lipinski definition) is 2.